The molecule has 0 amide bonds. The van der Waals surface area contributed by atoms with Gasteiger partial charge in [0, 0.05) is 61.1 Å². The van der Waals surface area contributed by atoms with Crippen LogP contribution in [0.5, 0.6) is 11.5 Å². The Morgan fingerprint density at radius 2 is 1.14 bits per heavy atom. The number of ether oxygens (including phenoxy) is 1. The van der Waals surface area contributed by atoms with Crippen molar-refractivity contribution in [2.45, 2.75) is 137 Å². The van der Waals surface area contributed by atoms with Gasteiger partial charge in [-0.1, -0.05) is 206 Å². The Balaban J connectivity index is 0.00000722. The van der Waals surface area contributed by atoms with Crippen LogP contribution >= 0.6 is 0 Å². The van der Waals surface area contributed by atoms with Gasteiger partial charge in [0.25, 0.3) is 0 Å². The van der Waals surface area contributed by atoms with E-state index in [0.717, 1.165) is 55.8 Å². The Bertz CT molecular complexity index is 3580. The van der Waals surface area contributed by atoms with E-state index in [9.17, 15) is 0 Å². The molecule has 0 radical (unpaired) electrons. The van der Waals surface area contributed by atoms with Crippen molar-refractivity contribution in [2.24, 2.45) is 0 Å². The molecule has 0 N–H and O–H groups in total. The molecule has 0 bridgehead atoms. The normalized spacial score (nSPS) is 13.5. The first kappa shape index (κ1) is 55.1. The molecule has 0 fully saturated rings. The predicted molar refractivity (Wildman–Crippen MR) is 321 cm³/mol. The summed E-state index contributed by atoms with van der Waals surface area (Å²) in [6.07, 6.45) is 4.18. The summed E-state index contributed by atoms with van der Waals surface area (Å²) in [6, 6.07) is 63.0. The number of rotatable bonds is 11. The summed E-state index contributed by atoms with van der Waals surface area (Å²) in [4.78, 5) is 9.61. The van der Waals surface area contributed by atoms with Crippen molar-refractivity contribution in [1.29, 1.82) is 0 Å². The van der Waals surface area contributed by atoms with E-state index < -0.39 is 0 Å². The molecule has 0 spiro atoms. The van der Waals surface area contributed by atoms with E-state index in [0.29, 0.717) is 11.5 Å². The van der Waals surface area contributed by atoms with Crippen molar-refractivity contribution in [1.82, 2.24) is 9.55 Å². The molecule has 6 heteroatoms. The van der Waals surface area contributed by atoms with Gasteiger partial charge in [0.1, 0.15) is 5.82 Å². The number of hydrogen-bond acceptors (Lipinski definition) is 4. The van der Waals surface area contributed by atoms with E-state index in [1.165, 1.54) is 44.5 Å². The zero-order chi connectivity index (χ0) is 54.1. The number of pyridine rings is 1. The van der Waals surface area contributed by atoms with Gasteiger partial charge in [0.2, 0.25) is 0 Å². The van der Waals surface area contributed by atoms with Crippen molar-refractivity contribution in [3.8, 4) is 28.4 Å². The third kappa shape index (κ3) is 11.0. The molecular weight excluding hydrogens is 1120 g/mol. The number of nitrogens with zero attached hydrogens (tertiary/aromatic N) is 4. The van der Waals surface area contributed by atoms with E-state index in [4.69, 9.17) is 9.72 Å². The Morgan fingerprint density at radius 3 is 1.75 bits per heavy atom. The average molecular weight is 1200 g/mol. The van der Waals surface area contributed by atoms with E-state index in [-0.39, 0.29) is 54.6 Å². The summed E-state index contributed by atoms with van der Waals surface area (Å²) in [5.74, 6) is 2.62. The third-order valence-corrected chi connectivity index (χ3v) is 15.5. The minimum atomic E-state index is -0.226. The van der Waals surface area contributed by atoms with Gasteiger partial charge in [0.15, 0.2) is 0 Å². The van der Waals surface area contributed by atoms with Gasteiger partial charge < -0.3 is 19.1 Å². The minimum Gasteiger partial charge on any atom is -0.509 e. The molecule has 398 valence electrons. The molecule has 0 unspecified atom stereocenters. The van der Waals surface area contributed by atoms with Crippen LogP contribution < -0.4 is 14.5 Å². The molecule has 77 heavy (non-hydrogen) atoms. The first-order valence-electron chi connectivity index (χ1n) is 27.2. The molecule has 7 aromatic carbocycles. The Hall–Kier alpha value is -6.68. The molecule has 10 rings (SSSR count). The topological polar surface area (TPSA) is 33.5 Å². The summed E-state index contributed by atoms with van der Waals surface area (Å²) in [5, 5.41) is 2.22. The van der Waals surface area contributed by atoms with Crippen LogP contribution in [0.3, 0.4) is 0 Å². The maximum absolute atomic E-state index is 7.16. The monoisotopic (exact) mass is 1190 g/mol. The van der Waals surface area contributed by atoms with Crippen LogP contribution in [0.2, 0.25) is 0 Å². The number of fused-ring (bicyclic) bond motifs is 3. The molecule has 5 nitrogen and oxygen atoms in total. The Kier molecular flexibility index (Phi) is 15.0. The van der Waals surface area contributed by atoms with Crippen molar-refractivity contribution < 1.29 is 25.8 Å². The van der Waals surface area contributed by atoms with Gasteiger partial charge in [-0.3, -0.25) is 0 Å². The molecule has 9 aromatic rings. The average Bonchev–Trinajstić information content (AvgIpc) is 3.98. The van der Waals surface area contributed by atoms with E-state index >= 15 is 0 Å². The fourth-order valence-electron chi connectivity index (χ4n) is 10.7. The zero-order valence-electron chi connectivity index (χ0n) is 47.8. The summed E-state index contributed by atoms with van der Waals surface area (Å²) >= 11 is 0. The van der Waals surface area contributed by atoms with Gasteiger partial charge in [-0.25, -0.2) is 4.98 Å². The number of hydrogen-bond donors (Lipinski definition) is 0. The number of aromatic nitrogens is 2. The Morgan fingerprint density at radius 1 is 0.519 bits per heavy atom. The van der Waals surface area contributed by atoms with Crippen LogP contribution in [0, 0.1) is 18.8 Å². The SMILES string of the molecule is CC(C)c1cccc(C(C)C)c1-c1cc(Oc2[c-]c3c(cc2)c2cc(C(C)(C)c4ccccc4)ccc2n3-c2cc(C(C)(C)C)ccn2)[c-]c(N2C=C(c3ccccc3)N(c3cc(C(C)(C)C)cc(C(C)(C)C)c3)[CH-]2)c1.[Pt]. The van der Waals surface area contributed by atoms with Crippen molar-refractivity contribution in [3.63, 3.8) is 0 Å². The van der Waals surface area contributed by atoms with Crippen LogP contribution in [-0.2, 0) is 42.7 Å². The standard InChI is InChI=1S/C71H75N4O.Pt/c1-46(2)59-27-22-28-60(47(3)4)67(59)49-35-55(73-44-65(48-23-18-16-19-24-48)74(45-73)56-38-53(69(8,9)10)37-54(39-56)70(11,12)13)42-58(36-49)76-57-30-31-61-62-40-52(71(14,15)50-25-20-17-21-26-50)29-32-63(62)75(64(61)43-57)66-41-51(33-34-72-66)68(5,6)7;/h16-41,44-47H,1-15H3;/q-3;. The molecule has 0 aliphatic carbocycles. The Labute approximate surface area is 474 Å². The van der Waals surface area contributed by atoms with E-state index in [1.54, 1.807) is 0 Å². The van der Waals surface area contributed by atoms with E-state index in [2.05, 4.69) is 295 Å². The summed E-state index contributed by atoms with van der Waals surface area (Å²) in [6.45, 7) is 36.5. The van der Waals surface area contributed by atoms with Gasteiger partial charge in [-0.2, -0.15) is 6.07 Å². The van der Waals surface area contributed by atoms with E-state index in [1.807, 2.05) is 6.20 Å². The van der Waals surface area contributed by atoms with Crippen molar-refractivity contribution in [2.75, 3.05) is 9.80 Å². The molecule has 0 saturated heterocycles. The van der Waals surface area contributed by atoms with Crippen LogP contribution in [0.4, 0.5) is 11.4 Å². The molecule has 0 saturated carbocycles. The van der Waals surface area contributed by atoms with Crippen molar-refractivity contribution >= 4 is 38.9 Å². The minimum absolute atomic E-state index is 0. The van der Waals surface area contributed by atoms with Crippen LogP contribution in [0.15, 0.2) is 164 Å². The molecule has 1 aliphatic heterocycles. The van der Waals surface area contributed by atoms with Crippen LogP contribution in [0.25, 0.3) is 44.4 Å². The maximum atomic E-state index is 7.16. The first-order valence-corrected chi connectivity index (χ1v) is 27.2. The molecule has 2 aromatic heterocycles. The van der Waals surface area contributed by atoms with Gasteiger partial charge in [-0.05, 0) is 120 Å². The molecule has 0 atom stereocenters. The predicted octanol–water partition coefficient (Wildman–Crippen LogP) is 19.1. The largest absolute Gasteiger partial charge is 0.509 e. The smallest absolute Gasteiger partial charge is 0.135 e. The summed E-state index contributed by atoms with van der Waals surface area (Å²) < 4.78 is 9.42. The summed E-state index contributed by atoms with van der Waals surface area (Å²) in [7, 11) is 0. The van der Waals surface area contributed by atoms with Crippen LogP contribution in [-0.4, -0.2) is 9.55 Å². The zero-order valence-corrected chi connectivity index (χ0v) is 50.1. The fourth-order valence-corrected chi connectivity index (χ4v) is 10.7. The van der Waals surface area contributed by atoms with Gasteiger partial charge in [-0.15, -0.1) is 53.6 Å². The second kappa shape index (κ2) is 20.9. The van der Waals surface area contributed by atoms with Crippen LogP contribution in [0.1, 0.15) is 160 Å². The maximum Gasteiger partial charge on any atom is 0.135 e. The van der Waals surface area contributed by atoms with Gasteiger partial charge >= 0.3 is 0 Å². The number of benzene rings is 7. The van der Waals surface area contributed by atoms with Crippen molar-refractivity contribution in [3.05, 3.63) is 227 Å². The fraction of sp³-hybridized carbons (Fsp3) is 0.296. The second-order valence-corrected chi connectivity index (χ2v) is 25.2. The number of anilines is 2. The molecular formula is C71H75N4OPt-3. The molecule has 1 aliphatic rings. The van der Waals surface area contributed by atoms with Gasteiger partial charge in [0.05, 0.1) is 0 Å². The molecule has 3 heterocycles. The second-order valence-electron chi connectivity index (χ2n) is 25.2. The quantitative estimate of drug-likeness (QED) is 0.121. The third-order valence-electron chi connectivity index (χ3n) is 15.5. The first-order chi connectivity index (χ1) is 35.9. The summed E-state index contributed by atoms with van der Waals surface area (Å²) in [5.41, 5.74) is 17.0.